The first-order chi connectivity index (χ1) is 10.6. The molecule has 116 valence electrons. The van der Waals surface area contributed by atoms with Crippen molar-refractivity contribution in [3.8, 4) is 11.5 Å². The van der Waals surface area contributed by atoms with Crippen molar-refractivity contribution in [2.24, 2.45) is 0 Å². The van der Waals surface area contributed by atoms with Crippen molar-refractivity contribution in [1.29, 1.82) is 0 Å². The number of ketones is 1. The average Bonchev–Trinajstić information content (AvgIpc) is 2.53. The second kappa shape index (κ2) is 5.83. The summed E-state index contributed by atoms with van der Waals surface area (Å²) in [6, 6.07) is 5.50. The van der Waals surface area contributed by atoms with Gasteiger partial charge in [-0.1, -0.05) is 6.07 Å². The van der Waals surface area contributed by atoms with Crippen LogP contribution in [0.2, 0.25) is 0 Å². The molecule has 2 aliphatic rings. The van der Waals surface area contributed by atoms with E-state index < -0.39 is 0 Å². The van der Waals surface area contributed by atoms with Crippen LogP contribution in [0, 0.1) is 0 Å². The highest BCUT2D eigenvalue weighted by atomic mass is 16.5. The van der Waals surface area contributed by atoms with Gasteiger partial charge in [0, 0.05) is 41.7 Å². The van der Waals surface area contributed by atoms with E-state index in [0.29, 0.717) is 17.9 Å². The predicted molar refractivity (Wildman–Crippen MR) is 80.9 cm³/mol. The van der Waals surface area contributed by atoms with Crippen LogP contribution in [-0.2, 0) is 9.59 Å². The molecule has 0 bridgehead atoms. The molecule has 1 heterocycles. The number of benzene rings is 1. The number of hydrogen-bond acceptors (Lipinski definition) is 4. The summed E-state index contributed by atoms with van der Waals surface area (Å²) in [6.07, 6.45) is 2.36. The van der Waals surface area contributed by atoms with Crippen LogP contribution in [0.4, 0.5) is 0 Å². The summed E-state index contributed by atoms with van der Waals surface area (Å²) in [5.74, 6) is 1.17. The number of nitrogens with one attached hydrogen (secondary N) is 1. The lowest BCUT2D eigenvalue weighted by atomic mass is 9.77. The maximum Gasteiger partial charge on any atom is 0.225 e. The average molecular weight is 301 g/mol. The molecule has 1 aromatic carbocycles. The van der Waals surface area contributed by atoms with E-state index in [1.165, 1.54) is 0 Å². The minimum Gasteiger partial charge on any atom is -0.497 e. The highest BCUT2D eigenvalue weighted by molar-refractivity contribution is 6.01. The zero-order chi connectivity index (χ0) is 15.7. The maximum atomic E-state index is 12.4. The molecule has 0 fully saturated rings. The number of Topliss-reactive ketones (excluding diaryl/α,β-unsaturated/α-hetero) is 1. The molecule has 1 unspecified atom stereocenters. The van der Waals surface area contributed by atoms with E-state index in [2.05, 4.69) is 5.32 Å². The molecular weight excluding hydrogens is 282 g/mol. The van der Waals surface area contributed by atoms with Crippen LogP contribution < -0.4 is 14.8 Å². The van der Waals surface area contributed by atoms with Crippen LogP contribution in [0.25, 0.3) is 0 Å². The fourth-order valence-corrected chi connectivity index (χ4v) is 3.28. The monoisotopic (exact) mass is 301 g/mol. The van der Waals surface area contributed by atoms with Gasteiger partial charge in [0.05, 0.1) is 14.2 Å². The van der Waals surface area contributed by atoms with E-state index in [1.54, 1.807) is 20.3 Å². The lowest BCUT2D eigenvalue weighted by Crippen LogP contribution is -2.36. The predicted octanol–water partition coefficient (Wildman–Crippen LogP) is 2.31. The van der Waals surface area contributed by atoms with Crippen LogP contribution in [0.5, 0.6) is 11.5 Å². The van der Waals surface area contributed by atoms with Crippen molar-refractivity contribution in [2.45, 2.75) is 31.6 Å². The summed E-state index contributed by atoms with van der Waals surface area (Å²) >= 11 is 0. The van der Waals surface area contributed by atoms with Gasteiger partial charge in [-0.25, -0.2) is 0 Å². The Bertz CT molecular complexity index is 663. The van der Waals surface area contributed by atoms with Crippen LogP contribution in [0.15, 0.2) is 29.5 Å². The Morgan fingerprint density at radius 3 is 2.68 bits per heavy atom. The van der Waals surface area contributed by atoms with Gasteiger partial charge >= 0.3 is 0 Å². The number of methoxy groups -OCH3 is 2. The summed E-state index contributed by atoms with van der Waals surface area (Å²) in [4.78, 5) is 24.4. The van der Waals surface area contributed by atoms with Crippen LogP contribution in [-0.4, -0.2) is 25.9 Å². The summed E-state index contributed by atoms with van der Waals surface area (Å²) < 4.78 is 10.7. The molecule has 22 heavy (non-hydrogen) atoms. The lowest BCUT2D eigenvalue weighted by Gasteiger charge is -2.31. The van der Waals surface area contributed by atoms with Gasteiger partial charge in [-0.15, -0.1) is 0 Å². The van der Waals surface area contributed by atoms with E-state index in [1.807, 2.05) is 12.1 Å². The number of allylic oxidation sites excluding steroid dienone is 2. The SMILES string of the molecule is COc1ccc(C2CC(=O)NC3=C2C(=O)CCC3)c(OC)c1. The Balaban J connectivity index is 2.09. The molecule has 1 aliphatic heterocycles. The highest BCUT2D eigenvalue weighted by Gasteiger charge is 2.36. The maximum absolute atomic E-state index is 12.4. The summed E-state index contributed by atoms with van der Waals surface area (Å²) in [5, 5.41) is 2.86. The first-order valence-corrected chi connectivity index (χ1v) is 7.42. The minimum absolute atomic E-state index is 0.0451. The second-order valence-corrected chi connectivity index (χ2v) is 5.58. The summed E-state index contributed by atoms with van der Waals surface area (Å²) in [6.45, 7) is 0. The molecule has 1 aliphatic carbocycles. The number of carbonyl (C=O) groups is 2. The van der Waals surface area contributed by atoms with Gasteiger partial charge in [0.1, 0.15) is 11.5 Å². The Labute approximate surface area is 129 Å². The van der Waals surface area contributed by atoms with Crippen LogP contribution in [0.1, 0.15) is 37.2 Å². The van der Waals surface area contributed by atoms with Crippen LogP contribution >= 0.6 is 0 Å². The zero-order valence-electron chi connectivity index (χ0n) is 12.8. The molecule has 3 rings (SSSR count). The number of ether oxygens (including phenoxy) is 2. The lowest BCUT2D eigenvalue weighted by molar-refractivity contribution is -0.122. The quantitative estimate of drug-likeness (QED) is 0.930. The number of amides is 1. The number of rotatable bonds is 3. The van der Waals surface area contributed by atoms with Crippen molar-refractivity contribution >= 4 is 11.7 Å². The smallest absolute Gasteiger partial charge is 0.225 e. The van der Waals surface area contributed by atoms with E-state index in [0.717, 1.165) is 29.7 Å². The topological polar surface area (TPSA) is 64.6 Å². The van der Waals surface area contributed by atoms with E-state index >= 15 is 0 Å². The van der Waals surface area contributed by atoms with E-state index in [9.17, 15) is 9.59 Å². The Kier molecular flexibility index (Phi) is 3.88. The Hall–Kier alpha value is -2.30. The first kappa shape index (κ1) is 14.6. The number of hydrogen-bond donors (Lipinski definition) is 1. The van der Waals surface area contributed by atoms with Crippen molar-refractivity contribution in [2.75, 3.05) is 14.2 Å². The van der Waals surface area contributed by atoms with Crippen molar-refractivity contribution < 1.29 is 19.1 Å². The van der Waals surface area contributed by atoms with Gasteiger partial charge in [0.25, 0.3) is 0 Å². The molecule has 5 nitrogen and oxygen atoms in total. The molecule has 5 heteroatoms. The molecule has 0 radical (unpaired) electrons. The molecule has 0 spiro atoms. The van der Waals surface area contributed by atoms with E-state index in [4.69, 9.17) is 9.47 Å². The van der Waals surface area contributed by atoms with Gasteiger partial charge in [0.15, 0.2) is 5.78 Å². The van der Waals surface area contributed by atoms with Gasteiger partial charge < -0.3 is 14.8 Å². The summed E-state index contributed by atoms with van der Waals surface area (Å²) in [5.41, 5.74) is 2.39. The third-order valence-corrected chi connectivity index (χ3v) is 4.30. The molecule has 1 atom stereocenters. The van der Waals surface area contributed by atoms with Gasteiger partial charge in [0.2, 0.25) is 5.91 Å². The molecule has 1 amide bonds. The molecule has 1 aromatic rings. The third-order valence-electron chi connectivity index (χ3n) is 4.30. The fourth-order valence-electron chi connectivity index (χ4n) is 3.28. The molecule has 0 saturated heterocycles. The van der Waals surface area contributed by atoms with Gasteiger partial charge in [-0.3, -0.25) is 9.59 Å². The van der Waals surface area contributed by atoms with Crippen LogP contribution in [0.3, 0.4) is 0 Å². The summed E-state index contributed by atoms with van der Waals surface area (Å²) in [7, 11) is 3.17. The zero-order valence-corrected chi connectivity index (χ0v) is 12.8. The largest absolute Gasteiger partial charge is 0.497 e. The third kappa shape index (κ3) is 2.47. The van der Waals surface area contributed by atoms with Gasteiger partial charge in [-0.05, 0) is 18.9 Å². The standard InChI is InChI=1S/C17H19NO4/c1-21-10-6-7-11(15(8-10)22-2)12-9-16(20)18-13-4-3-5-14(19)17(12)13/h6-8,12H,3-5,9H2,1-2H3,(H,18,20). The van der Waals surface area contributed by atoms with Crippen molar-refractivity contribution in [1.82, 2.24) is 5.32 Å². The van der Waals surface area contributed by atoms with E-state index in [-0.39, 0.29) is 24.0 Å². The fraction of sp³-hybridized carbons (Fsp3) is 0.412. The van der Waals surface area contributed by atoms with Gasteiger partial charge in [-0.2, -0.15) is 0 Å². The minimum atomic E-state index is -0.239. The molecule has 0 aromatic heterocycles. The Morgan fingerprint density at radius 1 is 1.14 bits per heavy atom. The Morgan fingerprint density at radius 2 is 1.95 bits per heavy atom. The van der Waals surface area contributed by atoms with Crippen molar-refractivity contribution in [3.05, 3.63) is 35.0 Å². The van der Waals surface area contributed by atoms with Crippen molar-refractivity contribution in [3.63, 3.8) is 0 Å². The second-order valence-electron chi connectivity index (χ2n) is 5.58. The molecular formula is C17H19NO4. The molecule has 1 N–H and O–H groups in total. The molecule has 0 saturated carbocycles. The highest BCUT2D eigenvalue weighted by Crippen LogP contribution is 2.42. The first-order valence-electron chi connectivity index (χ1n) is 7.42. The normalized spacial score (nSPS) is 21.3. The number of carbonyl (C=O) groups excluding carboxylic acids is 2.